The Labute approximate surface area is 121 Å². The molecule has 2 rings (SSSR count). The lowest BCUT2D eigenvalue weighted by Crippen LogP contribution is -2.06. The molecule has 0 fully saturated rings. The van der Waals surface area contributed by atoms with Crippen molar-refractivity contribution in [3.63, 3.8) is 0 Å². The zero-order chi connectivity index (χ0) is 13.8. The first-order valence-electron chi connectivity index (χ1n) is 5.91. The van der Waals surface area contributed by atoms with Crippen molar-refractivity contribution in [3.8, 4) is 0 Å². The van der Waals surface area contributed by atoms with Gasteiger partial charge in [0, 0.05) is 28.9 Å². The van der Waals surface area contributed by atoms with E-state index in [1.165, 1.54) is 16.7 Å². The van der Waals surface area contributed by atoms with Crippen molar-refractivity contribution in [1.82, 2.24) is 0 Å². The number of anilines is 2. The summed E-state index contributed by atoms with van der Waals surface area (Å²) in [5.74, 6) is -0.128. The van der Waals surface area contributed by atoms with E-state index in [9.17, 15) is 4.79 Å². The van der Waals surface area contributed by atoms with Gasteiger partial charge in [0.2, 0.25) is 5.91 Å². The quantitative estimate of drug-likeness (QED) is 0.883. The number of rotatable bonds is 4. The Hall–Kier alpha value is -1.52. The van der Waals surface area contributed by atoms with Crippen LogP contribution in [0.25, 0.3) is 0 Å². The SMILES string of the molecule is CC(=O)Nc1ccc(NCc2ccc(C)s2)cc1Cl. The van der Waals surface area contributed by atoms with Crippen molar-refractivity contribution >= 4 is 40.2 Å². The number of carbonyl (C=O) groups is 1. The van der Waals surface area contributed by atoms with E-state index >= 15 is 0 Å². The molecule has 100 valence electrons. The highest BCUT2D eigenvalue weighted by atomic mass is 35.5. The van der Waals surface area contributed by atoms with Crippen LogP contribution in [-0.2, 0) is 11.3 Å². The van der Waals surface area contributed by atoms with Crippen molar-refractivity contribution in [3.05, 3.63) is 45.1 Å². The minimum Gasteiger partial charge on any atom is -0.380 e. The lowest BCUT2D eigenvalue weighted by Gasteiger charge is -2.09. The number of hydrogen-bond acceptors (Lipinski definition) is 3. The van der Waals surface area contributed by atoms with Gasteiger partial charge in [-0.25, -0.2) is 0 Å². The van der Waals surface area contributed by atoms with Crippen LogP contribution in [0.2, 0.25) is 5.02 Å². The Morgan fingerprint density at radius 1 is 1.32 bits per heavy atom. The Balaban J connectivity index is 2.01. The summed E-state index contributed by atoms with van der Waals surface area (Å²) in [6, 6.07) is 9.73. The summed E-state index contributed by atoms with van der Waals surface area (Å²) >= 11 is 7.88. The smallest absolute Gasteiger partial charge is 0.221 e. The van der Waals surface area contributed by atoms with E-state index in [1.54, 1.807) is 17.4 Å². The number of amides is 1. The third kappa shape index (κ3) is 3.98. The maximum absolute atomic E-state index is 11.0. The first-order valence-corrected chi connectivity index (χ1v) is 7.10. The van der Waals surface area contributed by atoms with E-state index < -0.39 is 0 Å². The van der Waals surface area contributed by atoms with Crippen molar-refractivity contribution < 1.29 is 4.79 Å². The third-order valence-corrected chi connectivity index (χ3v) is 3.86. The first-order chi connectivity index (χ1) is 9.04. The zero-order valence-electron chi connectivity index (χ0n) is 10.8. The molecule has 0 saturated carbocycles. The summed E-state index contributed by atoms with van der Waals surface area (Å²) in [6.07, 6.45) is 0. The van der Waals surface area contributed by atoms with Gasteiger partial charge in [-0.05, 0) is 37.3 Å². The molecule has 0 bridgehead atoms. The van der Waals surface area contributed by atoms with Crippen molar-refractivity contribution in [1.29, 1.82) is 0 Å². The van der Waals surface area contributed by atoms with Gasteiger partial charge in [-0.1, -0.05) is 11.6 Å². The fraction of sp³-hybridized carbons (Fsp3) is 0.214. The summed E-state index contributed by atoms with van der Waals surface area (Å²) < 4.78 is 0. The van der Waals surface area contributed by atoms with Crippen LogP contribution < -0.4 is 10.6 Å². The fourth-order valence-electron chi connectivity index (χ4n) is 1.69. The van der Waals surface area contributed by atoms with E-state index in [2.05, 4.69) is 29.7 Å². The highest BCUT2D eigenvalue weighted by Gasteiger charge is 2.04. The van der Waals surface area contributed by atoms with Gasteiger partial charge in [-0.15, -0.1) is 11.3 Å². The molecule has 3 nitrogen and oxygen atoms in total. The molecular weight excluding hydrogens is 280 g/mol. The number of aryl methyl sites for hydroxylation is 1. The normalized spacial score (nSPS) is 10.3. The van der Waals surface area contributed by atoms with Gasteiger partial charge >= 0.3 is 0 Å². The predicted molar refractivity (Wildman–Crippen MR) is 82.1 cm³/mol. The second kappa shape index (κ2) is 6.08. The van der Waals surface area contributed by atoms with Gasteiger partial charge in [-0.2, -0.15) is 0 Å². The Bertz CT molecular complexity index is 595. The first kappa shape index (κ1) is 13.9. The Morgan fingerprint density at radius 2 is 2.11 bits per heavy atom. The molecule has 1 amide bonds. The molecule has 0 aliphatic heterocycles. The summed E-state index contributed by atoms with van der Waals surface area (Å²) in [4.78, 5) is 13.6. The average Bonchev–Trinajstić information content (AvgIpc) is 2.75. The molecule has 0 saturated heterocycles. The highest BCUT2D eigenvalue weighted by Crippen LogP contribution is 2.26. The van der Waals surface area contributed by atoms with E-state index in [-0.39, 0.29) is 5.91 Å². The molecule has 2 aromatic rings. The summed E-state index contributed by atoms with van der Waals surface area (Å²) in [7, 11) is 0. The van der Waals surface area contributed by atoms with Gasteiger partial charge in [0.1, 0.15) is 0 Å². The average molecular weight is 295 g/mol. The largest absolute Gasteiger partial charge is 0.380 e. The van der Waals surface area contributed by atoms with Crippen LogP contribution in [0, 0.1) is 6.92 Å². The zero-order valence-corrected chi connectivity index (χ0v) is 12.4. The number of thiophene rings is 1. The maximum atomic E-state index is 11.0. The number of nitrogens with one attached hydrogen (secondary N) is 2. The summed E-state index contributed by atoms with van der Waals surface area (Å²) in [5.41, 5.74) is 1.57. The Morgan fingerprint density at radius 3 is 2.68 bits per heavy atom. The molecule has 19 heavy (non-hydrogen) atoms. The molecule has 1 heterocycles. The van der Waals surface area contributed by atoms with Gasteiger partial charge in [0.25, 0.3) is 0 Å². The maximum Gasteiger partial charge on any atom is 0.221 e. The van der Waals surface area contributed by atoms with E-state index in [0.29, 0.717) is 10.7 Å². The van der Waals surface area contributed by atoms with Gasteiger partial charge in [-0.3, -0.25) is 4.79 Å². The summed E-state index contributed by atoms with van der Waals surface area (Å²) in [6.45, 7) is 4.32. The minimum atomic E-state index is -0.128. The van der Waals surface area contributed by atoms with Gasteiger partial charge in [0.05, 0.1) is 10.7 Å². The van der Waals surface area contributed by atoms with Crippen molar-refractivity contribution in [2.75, 3.05) is 10.6 Å². The lowest BCUT2D eigenvalue weighted by molar-refractivity contribution is -0.114. The molecule has 2 N–H and O–H groups in total. The van der Waals surface area contributed by atoms with Crippen LogP contribution in [0.1, 0.15) is 16.7 Å². The van der Waals surface area contributed by atoms with E-state index in [4.69, 9.17) is 11.6 Å². The molecule has 5 heteroatoms. The number of carbonyl (C=O) groups excluding carboxylic acids is 1. The fourth-order valence-corrected chi connectivity index (χ4v) is 2.74. The minimum absolute atomic E-state index is 0.128. The molecule has 0 spiro atoms. The lowest BCUT2D eigenvalue weighted by atomic mass is 10.2. The predicted octanol–water partition coefficient (Wildman–Crippen LogP) is 4.28. The highest BCUT2D eigenvalue weighted by molar-refractivity contribution is 7.11. The molecule has 1 aromatic carbocycles. The second-order valence-electron chi connectivity index (χ2n) is 4.24. The topological polar surface area (TPSA) is 41.1 Å². The third-order valence-electron chi connectivity index (χ3n) is 2.54. The number of hydrogen-bond donors (Lipinski definition) is 2. The Kier molecular flexibility index (Phi) is 4.45. The second-order valence-corrected chi connectivity index (χ2v) is 6.02. The summed E-state index contributed by atoms with van der Waals surface area (Å²) in [5, 5.41) is 6.52. The number of benzene rings is 1. The molecule has 1 aromatic heterocycles. The van der Waals surface area contributed by atoms with Crippen LogP contribution in [0.3, 0.4) is 0 Å². The van der Waals surface area contributed by atoms with Crippen LogP contribution in [0.4, 0.5) is 11.4 Å². The molecule has 0 radical (unpaired) electrons. The molecule has 0 aliphatic rings. The van der Waals surface area contributed by atoms with Crippen LogP contribution >= 0.6 is 22.9 Å². The van der Waals surface area contributed by atoms with Crippen LogP contribution in [0.15, 0.2) is 30.3 Å². The van der Waals surface area contributed by atoms with Crippen LogP contribution in [-0.4, -0.2) is 5.91 Å². The van der Waals surface area contributed by atoms with Crippen LogP contribution in [0.5, 0.6) is 0 Å². The van der Waals surface area contributed by atoms with Gasteiger partial charge in [0.15, 0.2) is 0 Å². The molecule has 0 aliphatic carbocycles. The van der Waals surface area contributed by atoms with E-state index in [0.717, 1.165) is 12.2 Å². The van der Waals surface area contributed by atoms with E-state index in [1.807, 2.05) is 12.1 Å². The van der Waals surface area contributed by atoms with Gasteiger partial charge < -0.3 is 10.6 Å². The standard InChI is InChI=1S/C14H15ClN2OS/c1-9-3-5-12(19-9)8-16-11-4-6-14(13(15)7-11)17-10(2)18/h3-7,16H,8H2,1-2H3,(H,17,18). The van der Waals surface area contributed by atoms with Crippen molar-refractivity contribution in [2.24, 2.45) is 0 Å². The number of halogens is 1. The van der Waals surface area contributed by atoms with Crippen molar-refractivity contribution in [2.45, 2.75) is 20.4 Å². The molecular formula is C14H15ClN2OS. The molecule has 0 atom stereocenters. The monoisotopic (exact) mass is 294 g/mol. The molecule has 0 unspecified atom stereocenters.